The second-order valence-corrected chi connectivity index (χ2v) is 3.61. The lowest BCUT2D eigenvalue weighted by Gasteiger charge is -2.09. The number of rotatable bonds is 2. The fourth-order valence-corrected chi connectivity index (χ4v) is 1.41. The summed E-state index contributed by atoms with van der Waals surface area (Å²) in [6, 6.07) is 1.57. The minimum absolute atomic E-state index is 0.189. The highest BCUT2D eigenvalue weighted by molar-refractivity contribution is 5.52. The van der Waals surface area contributed by atoms with E-state index in [1.807, 2.05) is 13.8 Å². The van der Waals surface area contributed by atoms with Crippen molar-refractivity contribution in [1.82, 2.24) is 19.9 Å². The zero-order valence-electron chi connectivity index (χ0n) is 9.25. The molecule has 0 fully saturated rings. The molecular weight excluding hydrogens is 202 g/mol. The van der Waals surface area contributed by atoms with Crippen LogP contribution in [0.3, 0.4) is 0 Å². The molecular formula is C11H13N5. The lowest BCUT2D eigenvalue weighted by molar-refractivity contribution is 0.766. The van der Waals surface area contributed by atoms with E-state index in [-0.39, 0.29) is 6.04 Å². The molecule has 0 radical (unpaired) electrons. The van der Waals surface area contributed by atoms with Gasteiger partial charge in [-0.25, -0.2) is 15.0 Å². The molecule has 82 valence electrons. The number of aryl methyl sites for hydroxylation is 1. The summed E-state index contributed by atoms with van der Waals surface area (Å²) in [6.45, 7) is 3.75. The van der Waals surface area contributed by atoms with E-state index in [4.69, 9.17) is 5.73 Å². The van der Waals surface area contributed by atoms with Gasteiger partial charge in [0.1, 0.15) is 5.69 Å². The van der Waals surface area contributed by atoms with Gasteiger partial charge in [0.05, 0.1) is 11.4 Å². The molecule has 2 rings (SSSR count). The van der Waals surface area contributed by atoms with E-state index in [1.165, 1.54) is 0 Å². The van der Waals surface area contributed by atoms with Crippen molar-refractivity contribution in [3.8, 4) is 11.5 Å². The fourth-order valence-electron chi connectivity index (χ4n) is 1.41. The molecule has 0 aliphatic rings. The van der Waals surface area contributed by atoms with Gasteiger partial charge in [-0.1, -0.05) is 0 Å². The second-order valence-electron chi connectivity index (χ2n) is 3.61. The third kappa shape index (κ3) is 2.04. The SMILES string of the molecule is Cc1cnc(-c2ncccn2)c(C(C)N)n1. The second kappa shape index (κ2) is 4.32. The van der Waals surface area contributed by atoms with E-state index in [2.05, 4.69) is 19.9 Å². The molecule has 5 nitrogen and oxygen atoms in total. The Morgan fingerprint density at radius 3 is 2.50 bits per heavy atom. The van der Waals surface area contributed by atoms with Gasteiger partial charge in [-0.15, -0.1) is 0 Å². The molecule has 0 saturated heterocycles. The fraction of sp³-hybridized carbons (Fsp3) is 0.273. The molecule has 2 heterocycles. The van der Waals surface area contributed by atoms with E-state index < -0.39 is 0 Å². The topological polar surface area (TPSA) is 77.6 Å². The summed E-state index contributed by atoms with van der Waals surface area (Å²) in [4.78, 5) is 17.0. The molecule has 0 spiro atoms. The maximum atomic E-state index is 5.86. The normalized spacial score (nSPS) is 12.4. The molecule has 5 heteroatoms. The zero-order chi connectivity index (χ0) is 11.5. The first-order valence-electron chi connectivity index (χ1n) is 5.05. The van der Waals surface area contributed by atoms with Gasteiger partial charge in [-0.05, 0) is 19.9 Å². The van der Waals surface area contributed by atoms with E-state index in [9.17, 15) is 0 Å². The Kier molecular flexibility index (Phi) is 2.87. The van der Waals surface area contributed by atoms with Crippen molar-refractivity contribution in [3.05, 3.63) is 36.0 Å². The third-order valence-electron chi connectivity index (χ3n) is 2.13. The monoisotopic (exact) mass is 215 g/mol. The van der Waals surface area contributed by atoms with Crippen LogP contribution in [-0.4, -0.2) is 19.9 Å². The molecule has 0 aliphatic heterocycles. The third-order valence-corrected chi connectivity index (χ3v) is 2.13. The van der Waals surface area contributed by atoms with Crippen molar-refractivity contribution >= 4 is 0 Å². The summed E-state index contributed by atoms with van der Waals surface area (Å²) in [5.41, 5.74) is 8.08. The molecule has 0 aromatic carbocycles. The summed E-state index contributed by atoms with van der Waals surface area (Å²) in [5, 5.41) is 0. The van der Waals surface area contributed by atoms with Gasteiger partial charge >= 0.3 is 0 Å². The van der Waals surface area contributed by atoms with E-state index in [1.54, 1.807) is 24.7 Å². The van der Waals surface area contributed by atoms with Crippen molar-refractivity contribution in [2.45, 2.75) is 19.9 Å². The van der Waals surface area contributed by atoms with Crippen LogP contribution in [0.5, 0.6) is 0 Å². The van der Waals surface area contributed by atoms with Gasteiger partial charge in [0.2, 0.25) is 0 Å². The van der Waals surface area contributed by atoms with E-state index >= 15 is 0 Å². The average molecular weight is 215 g/mol. The molecule has 2 aromatic heterocycles. The summed E-state index contributed by atoms with van der Waals surface area (Å²) in [6.07, 6.45) is 5.04. The lowest BCUT2D eigenvalue weighted by Crippen LogP contribution is -2.12. The van der Waals surface area contributed by atoms with Gasteiger partial charge in [0, 0.05) is 24.6 Å². The molecule has 0 saturated carbocycles. The van der Waals surface area contributed by atoms with Crippen molar-refractivity contribution in [2.24, 2.45) is 5.73 Å². The maximum Gasteiger partial charge on any atom is 0.180 e. The van der Waals surface area contributed by atoms with Gasteiger partial charge < -0.3 is 5.73 Å². The Morgan fingerprint density at radius 2 is 1.88 bits per heavy atom. The quantitative estimate of drug-likeness (QED) is 0.816. The van der Waals surface area contributed by atoms with Gasteiger partial charge in [0.15, 0.2) is 5.82 Å². The predicted octanol–water partition coefficient (Wildman–Crippen LogP) is 1.26. The highest BCUT2D eigenvalue weighted by atomic mass is 14.9. The highest BCUT2D eigenvalue weighted by Crippen LogP contribution is 2.19. The first kappa shape index (κ1) is 10.6. The number of hydrogen-bond donors (Lipinski definition) is 1. The summed E-state index contributed by atoms with van der Waals surface area (Å²) >= 11 is 0. The zero-order valence-corrected chi connectivity index (χ0v) is 9.25. The van der Waals surface area contributed by atoms with Crippen LogP contribution in [0.25, 0.3) is 11.5 Å². The van der Waals surface area contributed by atoms with Crippen molar-refractivity contribution in [3.63, 3.8) is 0 Å². The van der Waals surface area contributed by atoms with Crippen molar-refractivity contribution in [1.29, 1.82) is 0 Å². The van der Waals surface area contributed by atoms with Crippen LogP contribution in [0.1, 0.15) is 24.4 Å². The Morgan fingerprint density at radius 1 is 1.19 bits per heavy atom. The highest BCUT2D eigenvalue weighted by Gasteiger charge is 2.14. The first-order valence-corrected chi connectivity index (χ1v) is 5.05. The van der Waals surface area contributed by atoms with E-state index in [0.29, 0.717) is 11.5 Å². The average Bonchev–Trinajstić information content (AvgIpc) is 2.30. The Bertz CT molecular complexity index is 481. The number of hydrogen-bond acceptors (Lipinski definition) is 5. The Balaban J connectivity index is 2.57. The van der Waals surface area contributed by atoms with Crippen LogP contribution in [0.15, 0.2) is 24.7 Å². The molecule has 1 unspecified atom stereocenters. The van der Waals surface area contributed by atoms with Crippen LogP contribution in [0.2, 0.25) is 0 Å². The van der Waals surface area contributed by atoms with Crippen LogP contribution in [0.4, 0.5) is 0 Å². The van der Waals surface area contributed by atoms with Gasteiger partial charge in [0.25, 0.3) is 0 Å². The summed E-state index contributed by atoms with van der Waals surface area (Å²) in [7, 11) is 0. The standard InChI is InChI=1S/C11H13N5/c1-7-6-15-10(9(16-7)8(2)12)11-13-4-3-5-14-11/h3-6,8H,12H2,1-2H3. The van der Waals surface area contributed by atoms with Crippen molar-refractivity contribution < 1.29 is 0 Å². The lowest BCUT2D eigenvalue weighted by atomic mass is 10.1. The molecule has 0 aliphatic carbocycles. The first-order chi connectivity index (χ1) is 7.68. The van der Waals surface area contributed by atoms with Crippen LogP contribution >= 0.6 is 0 Å². The molecule has 0 amide bonds. The maximum absolute atomic E-state index is 5.86. The van der Waals surface area contributed by atoms with E-state index in [0.717, 1.165) is 11.4 Å². The van der Waals surface area contributed by atoms with Crippen LogP contribution in [0, 0.1) is 6.92 Å². The Hall–Kier alpha value is -1.88. The molecule has 16 heavy (non-hydrogen) atoms. The smallest absolute Gasteiger partial charge is 0.180 e. The van der Waals surface area contributed by atoms with Crippen LogP contribution in [-0.2, 0) is 0 Å². The minimum atomic E-state index is -0.189. The minimum Gasteiger partial charge on any atom is -0.323 e. The largest absolute Gasteiger partial charge is 0.323 e. The number of aromatic nitrogens is 4. The van der Waals surface area contributed by atoms with Crippen LogP contribution < -0.4 is 5.73 Å². The van der Waals surface area contributed by atoms with Crippen molar-refractivity contribution in [2.75, 3.05) is 0 Å². The van der Waals surface area contributed by atoms with Gasteiger partial charge in [-0.3, -0.25) is 4.98 Å². The number of nitrogens with zero attached hydrogens (tertiary/aromatic N) is 4. The predicted molar refractivity (Wildman–Crippen MR) is 60.4 cm³/mol. The summed E-state index contributed by atoms with van der Waals surface area (Å²) in [5.74, 6) is 0.558. The summed E-state index contributed by atoms with van der Waals surface area (Å²) < 4.78 is 0. The molecule has 2 aromatic rings. The number of nitrogens with two attached hydrogens (primary N) is 1. The molecule has 2 N–H and O–H groups in total. The Labute approximate surface area is 93.8 Å². The van der Waals surface area contributed by atoms with Gasteiger partial charge in [-0.2, -0.15) is 0 Å². The molecule has 0 bridgehead atoms. The molecule has 1 atom stereocenters.